The number of methoxy groups -OCH3 is 2. The van der Waals surface area contributed by atoms with Gasteiger partial charge in [-0.05, 0) is 37.4 Å². The van der Waals surface area contributed by atoms with Gasteiger partial charge >= 0.3 is 0 Å². The first-order valence-electron chi connectivity index (χ1n) is 7.35. The van der Waals surface area contributed by atoms with Crippen molar-refractivity contribution in [3.63, 3.8) is 0 Å². The van der Waals surface area contributed by atoms with Crippen molar-refractivity contribution >= 4 is 11.6 Å². The van der Waals surface area contributed by atoms with Gasteiger partial charge in [-0.3, -0.25) is 0 Å². The Hall–Kier alpha value is -0.930. The van der Waals surface area contributed by atoms with Crippen molar-refractivity contribution in [3.8, 4) is 11.5 Å². The average Bonchev–Trinajstić information content (AvgIpc) is 3.27. The van der Waals surface area contributed by atoms with Gasteiger partial charge in [-0.2, -0.15) is 0 Å². The Morgan fingerprint density at radius 2 is 2.05 bits per heavy atom. The third-order valence-corrected chi connectivity index (χ3v) is 4.16. The third-order valence-electron chi connectivity index (χ3n) is 3.80. The number of hydrogen-bond donors (Lipinski definition) is 1. The van der Waals surface area contributed by atoms with E-state index in [0.29, 0.717) is 16.8 Å². The van der Waals surface area contributed by atoms with Crippen LogP contribution in [0, 0.1) is 5.92 Å². The molecular formula is C16H24ClNO2. The largest absolute Gasteiger partial charge is 0.495 e. The van der Waals surface area contributed by atoms with Gasteiger partial charge in [0.05, 0.1) is 14.2 Å². The zero-order chi connectivity index (χ0) is 14.5. The van der Waals surface area contributed by atoms with Gasteiger partial charge in [0.15, 0.2) is 0 Å². The van der Waals surface area contributed by atoms with E-state index < -0.39 is 0 Å². The maximum Gasteiger partial charge on any atom is 0.146 e. The molecule has 1 aliphatic rings. The molecule has 0 radical (unpaired) electrons. The summed E-state index contributed by atoms with van der Waals surface area (Å²) in [5.74, 6) is 2.24. The highest BCUT2D eigenvalue weighted by atomic mass is 35.5. The van der Waals surface area contributed by atoms with E-state index in [1.165, 1.54) is 12.8 Å². The van der Waals surface area contributed by atoms with Crippen LogP contribution < -0.4 is 14.8 Å². The molecule has 1 fully saturated rings. The predicted molar refractivity (Wildman–Crippen MR) is 82.9 cm³/mol. The van der Waals surface area contributed by atoms with Gasteiger partial charge < -0.3 is 14.8 Å². The summed E-state index contributed by atoms with van der Waals surface area (Å²) in [5.41, 5.74) is 1.14. The number of halogens is 1. The van der Waals surface area contributed by atoms with Gasteiger partial charge in [0.25, 0.3) is 0 Å². The monoisotopic (exact) mass is 297 g/mol. The molecule has 1 atom stereocenters. The van der Waals surface area contributed by atoms with Crippen LogP contribution in [0.1, 0.15) is 44.2 Å². The molecule has 0 amide bonds. The van der Waals surface area contributed by atoms with Crippen LogP contribution in [-0.4, -0.2) is 20.8 Å². The Labute approximate surface area is 126 Å². The van der Waals surface area contributed by atoms with Gasteiger partial charge in [0.1, 0.15) is 16.5 Å². The summed E-state index contributed by atoms with van der Waals surface area (Å²) in [6, 6.07) is 4.30. The smallest absolute Gasteiger partial charge is 0.146 e. The van der Waals surface area contributed by atoms with Gasteiger partial charge in [-0.1, -0.05) is 31.4 Å². The van der Waals surface area contributed by atoms with Crippen molar-refractivity contribution in [2.45, 2.75) is 38.6 Å². The lowest BCUT2D eigenvalue weighted by Crippen LogP contribution is -2.23. The first-order valence-corrected chi connectivity index (χ1v) is 7.72. The van der Waals surface area contributed by atoms with Crippen molar-refractivity contribution < 1.29 is 9.47 Å². The molecular weight excluding hydrogens is 274 g/mol. The number of hydrogen-bond acceptors (Lipinski definition) is 3. The number of benzene rings is 1. The molecule has 0 bridgehead atoms. The van der Waals surface area contributed by atoms with E-state index in [-0.39, 0.29) is 0 Å². The minimum absolute atomic E-state index is 0.306. The molecule has 1 aliphatic carbocycles. The van der Waals surface area contributed by atoms with Gasteiger partial charge in [-0.15, -0.1) is 0 Å². The molecule has 0 saturated heterocycles. The van der Waals surface area contributed by atoms with E-state index in [1.807, 2.05) is 6.07 Å². The summed E-state index contributed by atoms with van der Waals surface area (Å²) >= 11 is 6.37. The molecule has 0 aromatic heterocycles. The summed E-state index contributed by atoms with van der Waals surface area (Å²) in [6.45, 7) is 3.18. The topological polar surface area (TPSA) is 30.5 Å². The molecule has 1 aromatic carbocycles. The highest BCUT2D eigenvalue weighted by Crippen LogP contribution is 2.44. The Morgan fingerprint density at radius 1 is 1.30 bits per heavy atom. The Bertz CT molecular complexity index is 446. The maximum atomic E-state index is 6.37. The maximum absolute atomic E-state index is 6.37. The number of rotatable bonds is 8. The SMILES string of the molecule is CCCNC(CC1CC1)c1ccc(OC)c(Cl)c1OC. The minimum atomic E-state index is 0.306. The van der Waals surface area contributed by atoms with Crippen molar-refractivity contribution in [2.75, 3.05) is 20.8 Å². The second kappa shape index (κ2) is 7.19. The van der Waals surface area contributed by atoms with E-state index in [9.17, 15) is 0 Å². The first kappa shape index (κ1) is 15.5. The normalized spacial score (nSPS) is 16.0. The summed E-state index contributed by atoms with van der Waals surface area (Å²) in [4.78, 5) is 0. The van der Waals surface area contributed by atoms with E-state index in [0.717, 1.165) is 36.6 Å². The van der Waals surface area contributed by atoms with Gasteiger partial charge in [-0.25, -0.2) is 0 Å². The standard InChI is InChI=1S/C16H24ClNO2/c1-4-9-18-13(10-11-5-6-11)12-7-8-14(19-2)15(17)16(12)20-3/h7-8,11,13,18H,4-6,9-10H2,1-3H3. The van der Waals surface area contributed by atoms with E-state index >= 15 is 0 Å². The fourth-order valence-corrected chi connectivity index (χ4v) is 2.84. The average molecular weight is 298 g/mol. The summed E-state index contributed by atoms with van der Waals surface area (Å²) < 4.78 is 10.8. The van der Waals surface area contributed by atoms with E-state index in [4.69, 9.17) is 21.1 Å². The summed E-state index contributed by atoms with van der Waals surface area (Å²) in [7, 11) is 3.29. The van der Waals surface area contributed by atoms with Gasteiger partial charge in [0.2, 0.25) is 0 Å². The molecule has 1 unspecified atom stereocenters. The molecule has 1 saturated carbocycles. The van der Waals surface area contributed by atoms with Gasteiger partial charge in [0, 0.05) is 11.6 Å². The van der Waals surface area contributed by atoms with Crippen LogP contribution in [0.15, 0.2) is 12.1 Å². The molecule has 112 valence electrons. The van der Waals surface area contributed by atoms with Crippen LogP contribution in [0.4, 0.5) is 0 Å². The Morgan fingerprint density at radius 3 is 2.60 bits per heavy atom. The molecule has 0 aliphatic heterocycles. The van der Waals surface area contributed by atoms with Crippen molar-refractivity contribution in [1.29, 1.82) is 0 Å². The van der Waals surface area contributed by atoms with Crippen LogP contribution >= 0.6 is 11.6 Å². The molecule has 2 rings (SSSR count). The fraction of sp³-hybridized carbons (Fsp3) is 0.625. The van der Waals surface area contributed by atoms with Crippen LogP contribution in [0.25, 0.3) is 0 Å². The lowest BCUT2D eigenvalue weighted by atomic mass is 9.99. The van der Waals surface area contributed by atoms with Crippen molar-refractivity contribution in [1.82, 2.24) is 5.32 Å². The predicted octanol–water partition coefficient (Wildman–Crippen LogP) is 4.20. The number of ether oxygens (including phenoxy) is 2. The number of nitrogens with one attached hydrogen (secondary N) is 1. The Kier molecular flexibility index (Phi) is 5.55. The van der Waals surface area contributed by atoms with E-state index in [1.54, 1.807) is 14.2 Å². The summed E-state index contributed by atoms with van der Waals surface area (Å²) in [5, 5.41) is 4.18. The molecule has 0 spiro atoms. The zero-order valence-corrected chi connectivity index (χ0v) is 13.3. The van der Waals surface area contributed by atoms with Crippen LogP contribution in [-0.2, 0) is 0 Å². The lowest BCUT2D eigenvalue weighted by molar-refractivity contribution is 0.379. The van der Waals surface area contributed by atoms with Crippen molar-refractivity contribution in [3.05, 3.63) is 22.7 Å². The van der Waals surface area contributed by atoms with Crippen LogP contribution in [0.3, 0.4) is 0 Å². The Balaban J connectivity index is 2.27. The molecule has 20 heavy (non-hydrogen) atoms. The zero-order valence-electron chi connectivity index (χ0n) is 12.5. The van der Waals surface area contributed by atoms with Crippen LogP contribution in [0.5, 0.6) is 11.5 Å². The molecule has 1 N–H and O–H groups in total. The minimum Gasteiger partial charge on any atom is -0.495 e. The third kappa shape index (κ3) is 3.58. The highest BCUT2D eigenvalue weighted by molar-refractivity contribution is 6.33. The summed E-state index contributed by atoms with van der Waals surface area (Å²) in [6.07, 6.45) is 4.96. The molecule has 1 aromatic rings. The molecule has 0 heterocycles. The first-order chi connectivity index (χ1) is 9.71. The quantitative estimate of drug-likeness (QED) is 0.780. The van der Waals surface area contributed by atoms with Crippen molar-refractivity contribution in [2.24, 2.45) is 5.92 Å². The van der Waals surface area contributed by atoms with Crippen LogP contribution in [0.2, 0.25) is 5.02 Å². The fourth-order valence-electron chi connectivity index (χ4n) is 2.52. The molecule has 3 nitrogen and oxygen atoms in total. The second-order valence-corrected chi connectivity index (χ2v) is 5.77. The molecule has 4 heteroatoms. The highest BCUT2D eigenvalue weighted by Gasteiger charge is 2.28. The lowest BCUT2D eigenvalue weighted by Gasteiger charge is -2.22. The second-order valence-electron chi connectivity index (χ2n) is 5.39. The van der Waals surface area contributed by atoms with E-state index in [2.05, 4.69) is 18.3 Å².